The molecular weight excluding hydrogens is 393 g/mol. The highest BCUT2D eigenvalue weighted by Crippen LogP contribution is 2.28. The Kier molecular flexibility index (Phi) is 10.6. The fourth-order valence-corrected chi connectivity index (χ4v) is 4.05. The van der Waals surface area contributed by atoms with Gasteiger partial charge in [0.25, 0.3) is 5.91 Å². The minimum atomic E-state index is -3.65. The second-order valence-corrected chi connectivity index (χ2v) is 9.46. The molecule has 0 radical (unpaired) electrons. The van der Waals surface area contributed by atoms with Crippen LogP contribution in [0, 0.1) is 17.7 Å². The van der Waals surface area contributed by atoms with Crippen LogP contribution in [0.2, 0.25) is 0 Å². The van der Waals surface area contributed by atoms with E-state index < -0.39 is 27.0 Å². The maximum Gasteiger partial charge on any atom is 0.264 e. The highest BCUT2D eigenvalue weighted by Gasteiger charge is 2.37. The highest BCUT2D eigenvalue weighted by atomic mass is 32.2. The van der Waals surface area contributed by atoms with Gasteiger partial charge in [0.05, 0.1) is 11.9 Å². The normalized spacial score (nSPS) is 15.7. The maximum absolute atomic E-state index is 14.3. The molecule has 1 fully saturated rings. The number of rotatable bonds is 11. The molecule has 0 heterocycles. The van der Waals surface area contributed by atoms with Crippen LogP contribution in [0.3, 0.4) is 0 Å². The third-order valence-corrected chi connectivity index (χ3v) is 7.03. The molecule has 7 heteroatoms. The smallest absolute Gasteiger partial charge is 0.264 e. The Labute approximate surface area is 177 Å². The summed E-state index contributed by atoms with van der Waals surface area (Å²) in [5.41, 5.74) is -0.0344. The van der Waals surface area contributed by atoms with E-state index in [9.17, 15) is 17.6 Å². The lowest BCUT2D eigenvalue weighted by atomic mass is 9.94. The summed E-state index contributed by atoms with van der Waals surface area (Å²) >= 11 is 0. The summed E-state index contributed by atoms with van der Waals surface area (Å²) in [6.45, 7) is 10.9. The topological polar surface area (TPSA) is 72.5 Å². The lowest BCUT2D eigenvalue weighted by Gasteiger charge is -2.18. The Balaban J connectivity index is 0.00000272. The average molecular weight is 432 g/mol. The van der Waals surface area contributed by atoms with Gasteiger partial charge in [0, 0.05) is 6.99 Å². The van der Waals surface area contributed by atoms with Crippen LogP contribution in [-0.4, -0.2) is 26.2 Å². The maximum atomic E-state index is 14.3. The Bertz CT molecular complexity index is 754. The molecule has 1 aliphatic rings. The van der Waals surface area contributed by atoms with E-state index in [-0.39, 0.29) is 12.7 Å². The van der Waals surface area contributed by atoms with Crippen molar-refractivity contribution >= 4 is 15.9 Å². The van der Waals surface area contributed by atoms with Crippen molar-refractivity contribution in [2.45, 2.75) is 78.4 Å². The molecule has 29 heavy (non-hydrogen) atoms. The van der Waals surface area contributed by atoms with Gasteiger partial charge in [-0.1, -0.05) is 53.9 Å². The minimum absolute atomic E-state index is 0. The van der Waals surface area contributed by atoms with E-state index in [1.54, 1.807) is 0 Å². The van der Waals surface area contributed by atoms with Gasteiger partial charge in [-0.15, -0.1) is 0 Å². The number of hydrogen-bond acceptors (Lipinski definition) is 4. The molecule has 1 amide bonds. The van der Waals surface area contributed by atoms with Crippen LogP contribution in [0.4, 0.5) is 4.39 Å². The van der Waals surface area contributed by atoms with Gasteiger partial charge in [0.15, 0.2) is 11.6 Å². The Morgan fingerprint density at radius 3 is 2.41 bits per heavy atom. The molecule has 0 aromatic heterocycles. The Morgan fingerprint density at radius 1 is 1.24 bits per heavy atom. The van der Waals surface area contributed by atoms with Gasteiger partial charge >= 0.3 is 0 Å². The number of benzene rings is 1. The fourth-order valence-electron chi connectivity index (χ4n) is 2.75. The van der Waals surface area contributed by atoms with Gasteiger partial charge in [-0.3, -0.25) is 4.79 Å². The van der Waals surface area contributed by atoms with E-state index >= 15 is 0 Å². The summed E-state index contributed by atoms with van der Waals surface area (Å²) in [5, 5.41) is -0.504. The molecule has 5 nitrogen and oxygen atoms in total. The number of sulfonamides is 1. The molecule has 0 bridgehead atoms. The standard InChI is InChI=1S/C20H30FNO4S.C2H6.H2/c1-4-14(3)6-7-15(5-2)13-26-19-11-8-16(12-18(19)21)20(23)22-27(24,25)17-9-10-17;1-2;/h8,11-12,14-15,17H,4-7,9-10,13H2,1-3H3,(H,22,23);1-2H3;1H. The number of carbonyl (C=O) groups is 1. The predicted octanol–water partition coefficient (Wildman–Crippen LogP) is 5.55. The minimum Gasteiger partial charge on any atom is -0.490 e. The van der Waals surface area contributed by atoms with Crippen molar-refractivity contribution in [2.24, 2.45) is 11.8 Å². The van der Waals surface area contributed by atoms with E-state index in [0.717, 1.165) is 31.7 Å². The monoisotopic (exact) mass is 431 g/mol. The number of carbonyl (C=O) groups excluding carboxylic acids is 1. The van der Waals surface area contributed by atoms with Crippen molar-refractivity contribution in [3.63, 3.8) is 0 Å². The third kappa shape index (κ3) is 8.33. The van der Waals surface area contributed by atoms with Gasteiger partial charge in [-0.2, -0.15) is 0 Å². The molecule has 0 saturated heterocycles. The summed E-state index contributed by atoms with van der Waals surface area (Å²) in [5.74, 6) is -0.375. The van der Waals surface area contributed by atoms with E-state index in [0.29, 0.717) is 31.3 Å². The zero-order chi connectivity index (χ0) is 22.0. The van der Waals surface area contributed by atoms with Crippen LogP contribution in [0.1, 0.15) is 84.9 Å². The van der Waals surface area contributed by atoms with E-state index in [1.807, 2.05) is 18.6 Å². The van der Waals surface area contributed by atoms with Crippen molar-refractivity contribution in [3.8, 4) is 5.75 Å². The predicted molar refractivity (Wildman–Crippen MR) is 117 cm³/mol. The summed E-state index contributed by atoms with van der Waals surface area (Å²) in [7, 11) is -3.65. The molecule has 1 saturated carbocycles. The van der Waals surface area contributed by atoms with Crippen LogP contribution in [0.25, 0.3) is 0 Å². The summed E-state index contributed by atoms with van der Waals surface area (Å²) in [6.07, 6.45) is 5.37. The van der Waals surface area contributed by atoms with Crippen molar-refractivity contribution in [2.75, 3.05) is 6.61 Å². The SMILES string of the molecule is CC.CCC(C)CCC(CC)COc1ccc(C(=O)NS(=O)(=O)C2CC2)cc1F.[HH]. The molecule has 2 unspecified atom stereocenters. The molecule has 1 N–H and O–H groups in total. The number of nitrogens with one attached hydrogen (secondary N) is 1. The van der Waals surface area contributed by atoms with Gasteiger partial charge in [-0.25, -0.2) is 17.5 Å². The second-order valence-electron chi connectivity index (χ2n) is 7.50. The van der Waals surface area contributed by atoms with Crippen LogP contribution >= 0.6 is 0 Å². The van der Waals surface area contributed by atoms with Crippen LogP contribution in [0.15, 0.2) is 18.2 Å². The first-order valence-electron chi connectivity index (χ1n) is 10.7. The molecule has 0 spiro atoms. The van der Waals surface area contributed by atoms with Crippen molar-refractivity contribution in [1.29, 1.82) is 0 Å². The first-order valence-corrected chi connectivity index (χ1v) is 12.3. The lowest BCUT2D eigenvalue weighted by Crippen LogP contribution is -2.33. The first-order chi connectivity index (χ1) is 13.8. The molecule has 1 aromatic carbocycles. The molecule has 0 aliphatic heterocycles. The number of halogens is 1. The van der Waals surface area contributed by atoms with E-state index in [4.69, 9.17) is 4.74 Å². The van der Waals surface area contributed by atoms with Gasteiger partial charge in [-0.05, 0) is 49.3 Å². The molecule has 2 rings (SSSR count). The summed E-state index contributed by atoms with van der Waals surface area (Å²) in [6, 6.07) is 3.79. The largest absolute Gasteiger partial charge is 0.490 e. The Hall–Kier alpha value is -1.63. The van der Waals surface area contributed by atoms with E-state index in [2.05, 4.69) is 20.8 Å². The van der Waals surface area contributed by atoms with Crippen LogP contribution in [-0.2, 0) is 10.0 Å². The van der Waals surface area contributed by atoms with Crippen molar-refractivity contribution in [3.05, 3.63) is 29.6 Å². The second kappa shape index (κ2) is 12.2. The molecular formula is C22H38FNO4S. The van der Waals surface area contributed by atoms with Gasteiger partial charge in [0.1, 0.15) is 0 Å². The quantitative estimate of drug-likeness (QED) is 0.498. The van der Waals surface area contributed by atoms with Crippen LogP contribution in [0.5, 0.6) is 5.75 Å². The van der Waals surface area contributed by atoms with Crippen molar-refractivity contribution < 1.29 is 23.8 Å². The molecule has 1 aliphatic carbocycles. The fraction of sp³-hybridized carbons (Fsp3) is 0.682. The van der Waals surface area contributed by atoms with E-state index in [1.165, 1.54) is 12.1 Å². The first kappa shape index (κ1) is 25.4. The molecule has 168 valence electrons. The zero-order valence-corrected chi connectivity index (χ0v) is 19.1. The summed E-state index contributed by atoms with van der Waals surface area (Å²) in [4.78, 5) is 12.0. The summed E-state index contributed by atoms with van der Waals surface area (Å²) < 4.78 is 45.5. The number of ether oxygens (including phenoxy) is 1. The number of hydrogen-bond donors (Lipinski definition) is 1. The van der Waals surface area contributed by atoms with Gasteiger partial charge < -0.3 is 4.74 Å². The van der Waals surface area contributed by atoms with Crippen molar-refractivity contribution in [1.82, 2.24) is 4.72 Å². The average Bonchev–Trinajstić information content (AvgIpc) is 3.56. The highest BCUT2D eigenvalue weighted by molar-refractivity contribution is 7.91. The number of amides is 1. The third-order valence-electron chi connectivity index (χ3n) is 5.21. The molecule has 2 atom stereocenters. The Morgan fingerprint density at radius 2 is 1.90 bits per heavy atom. The van der Waals surface area contributed by atoms with Gasteiger partial charge in [0.2, 0.25) is 10.0 Å². The van der Waals surface area contributed by atoms with Crippen LogP contribution < -0.4 is 9.46 Å². The zero-order valence-electron chi connectivity index (χ0n) is 18.3. The lowest BCUT2D eigenvalue weighted by molar-refractivity contribution is 0.0980. The molecule has 1 aromatic rings.